The fraction of sp³-hybridized carbons (Fsp3) is 0.474. The minimum Gasteiger partial charge on any atom is -0.385 e. The van der Waals surface area contributed by atoms with Crippen molar-refractivity contribution in [2.45, 2.75) is 52.5 Å². The lowest BCUT2D eigenvalue weighted by Crippen LogP contribution is -2.44. The Morgan fingerprint density at radius 3 is 2.40 bits per heavy atom. The van der Waals surface area contributed by atoms with Crippen molar-refractivity contribution in [1.29, 1.82) is 0 Å². The van der Waals surface area contributed by atoms with Gasteiger partial charge < -0.3 is 10.1 Å². The first kappa shape index (κ1) is 18.8. The van der Waals surface area contributed by atoms with Crippen molar-refractivity contribution >= 4 is 29.1 Å². The van der Waals surface area contributed by atoms with E-state index in [-0.39, 0.29) is 24.4 Å². The number of nitrogens with one attached hydrogen (secondary N) is 1. The van der Waals surface area contributed by atoms with Crippen LogP contribution in [0.25, 0.3) is 0 Å². The van der Waals surface area contributed by atoms with Crippen molar-refractivity contribution < 1.29 is 19.2 Å². The third-order valence-electron chi connectivity index (χ3n) is 4.33. The van der Waals surface area contributed by atoms with Crippen LogP contribution < -0.4 is 5.32 Å². The number of benzene rings is 1. The highest BCUT2D eigenvalue weighted by molar-refractivity contribution is 6.23. The van der Waals surface area contributed by atoms with Gasteiger partial charge in [-0.2, -0.15) is 0 Å². The van der Waals surface area contributed by atoms with Gasteiger partial charge in [0.2, 0.25) is 0 Å². The number of imide groups is 1. The zero-order valence-electron chi connectivity index (χ0n) is 14.9. The highest BCUT2D eigenvalue weighted by atomic mass is 16.2. The van der Waals surface area contributed by atoms with Crippen molar-refractivity contribution in [3.05, 3.63) is 29.3 Å². The summed E-state index contributed by atoms with van der Waals surface area (Å²) in [7, 11) is 0. The molecule has 1 unspecified atom stereocenters. The molecule has 0 aliphatic carbocycles. The smallest absolute Gasteiger partial charge is 0.262 e. The molecule has 1 aliphatic heterocycles. The predicted molar refractivity (Wildman–Crippen MR) is 94.7 cm³/mol. The van der Waals surface area contributed by atoms with Crippen molar-refractivity contribution in [1.82, 2.24) is 4.90 Å². The molecule has 0 spiro atoms. The Hall–Kier alpha value is -2.50. The second-order valence-electron chi connectivity index (χ2n) is 6.39. The molecular weight excluding hydrogens is 320 g/mol. The minimum atomic E-state index is -0.896. The molecule has 134 valence electrons. The maximum Gasteiger partial charge on any atom is 0.262 e. The van der Waals surface area contributed by atoms with Crippen LogP contribution in [0.5, 0.6) is 0 Å². The number of hydrogen-bond acceptors (Lipinski definition) is 5. The molecule has 1 heterocycles. The minimum absolute atomic E-state index is 0.0785. The van der Waals surface area contributed by atoms with Crippen LogP contribution in [0.3, 0.4) is 0 Å². The van der Waals surface area contributed by atoms with Crippen LogP contribution in [-0.4, -0.2) is 40.9 Å². The normalized spacial score (nSPS) is 14.4. The van der Waals surface area contributed by atoms with E-state index in [1.54, 1.807) is 18.2 Å². The van der Waals surface area contributed by atoms with Gasteiger partial charge in [0.1, 0.15) is 5.78 Å². The summed E-state index contributed by atoms with van der Waals surface area (Å²) in [6.45, 7) is 5.64. The van der Waals surface area contributed by atoms with Gasteiger partial charge in [-0.3, -0.25) is 19.3 Å². The molecule has 1 N–H and O–H groups in total. The van der Waals surface area contributed by atoms with E-state index in [2.05, 4.69) is 12.2 Å². The van der Waals surface area contributed by atoms with Gasteiger partial charge in [0.25, 0.3) is 11.8 Å². The third kappa shape index (κ3) is 4.13. The first-order valence-corrected chi connectivity index (χ1v) is 8.62. The molecule has 25 heavy (non-hydrogen) atoms. The van der Waals surface area contributed by atoms with E-state index in [1.807, 2.05) is 0 Å². The summed E-state index contributed by atoms with van der Waals surface area (Å²) < 4.78 is 0. The number of fused-ring (bicyclic) bond motifs is 1. The average molecular weight is 344 g/mol. The molecule has 2 amide bonds. The van der Waals surface area contributed by atoms with Crippen LogP contribution in [0.1, 0.15) is 67.2 Å². The SMILES string of the molecule is CCCCNc1ccc2c(c1)C(=O)N(C(CCC(C)=O)C(C)=O)C2=O. The van der Waals surface area contributed by atoms with Gasteiger partial charge in [-0.05, 0) is 44.9 Å². The number of nitrogens with zero attached hydrogens (tertiary/aromatic N) is 1. The van der Waals surface area contributed by atoms with Gasteiger partial charge in [0.15, 0.2) is 5.78 Å². The van der Waals surface area contributed by atoms with Crippen LogP contribution in [0.4, 0.5) is 5.69 Å². The van der Waals surface area contributed by atoms with Crippen molar-refractivity contribution in [3.63, 3.8) is 0 Å². The van der Waals surface area contributed by atoms with Gasteiger partial charge in [-0.25, -0.2) is 0 Å². The fourth-order valence-electron chi connectivity index (χ4n) is 2.92. The molecule has 6 nitrogen and oxygen atoms in total. The standard InChI is InChI=1S/C19H24N2O4/c1-4-5-10-20-14-7-8-15-16(11-14)19(25)21(18(15)24)17(13(3)23)9-6-12(2)22/h7-8,11,17,20H,4-6,9-10H2,1-3H3. The van der Waals surface area contributed by atoms with E-state index < -0.39 is 17.9 Å². The quantitative estimate of drug-likeness (QED) is 0.550. The van der Waals surface area contributed by atoms with Gasteiger partial charge in [-0.1, -0.05) is 13.3 Å². The molecule has 0 saturated carbocycles. The number of Topliss-reactive ketones (excluding diaryl/α,β-unsaturated/α-hetero) is 2. The Bertz CT molecular complexity index is 711. The lowest BCUT2D eigenvalue weighted by Gasteiger charge is -2.23. The molecule has 2 rings (SSSR count). The summed E-state index contributed by atoms with van der Waals surface area (Å²) in [6.07, 6.45) is 2.38. The van der Waals surface area contributed by atoms with Crippen LogP contribution >= 0.6 is 0 Å². The van der Waals surface area contributed by atoms with Crippen molar-refractivity contribution in [2.75, 3.05) is 11.9 Å². The van der Waals surface area contributed by atoms with Crippen LogP contribution in [0, 0.1) is 0 Å². The first-order chi connectivity index (χ1) is 11.9. The number of hydrogen-bond donors (Lipinski definition) is 1. The molecule has 0 radical (unpaired) electrons. The molecule has 0 aromatic heterocycles. The maximum absolute atomic E-state index is 12.7. The van der Waals surface area contributed by atoms with E-state index >= 15 is 0 Å². The number of carbonyl (C=O) groups excluding carboxylic acids is 4. The average Bonchev–Trinajstić information content (AvgIpc) is 2.79. The molecule has 1 aliphatic rings. The Labute approximate surface area is 147 Å². The molecule has 1 aromatic carbocycles. The van der Waals surface area contributed by atoms with Crippen molar-refractivity contribution in [3.8, 4) is 0 Å². The van der Waals surface area contributed by atoms with Crippen LogP contribution in [-0.2, 0) is 9.59 Å². The fourth-order valence-corrected chi connectivity index (χ4v) is 2.92. The zero-order chi connectivity index (χ0) is 18.6. The summed E-state index contributed by atoms with van der Waals surface area (Å²) in [5.41, 5.74) is 1.39. The zero-order valence-corrected chi connectivity index (χ0v) is 14.9. The van der Waals surface area contributed by atoms with Crippen LogP contribution in [0.2, 0.25) is 0 Å². The van der Waals surface area contributed by atoms with E-state index in [0.29, 0.717) is 11.1 Å². The Balaban J connectivity index is 2.25. The third-order valence-corrected chi connectivity index (χ3v) is 4.33. The topological polar surface area (TPSA) is 83.6 Å². The molecule has 0 bridgehead atoms. The number of unbranched alkanes of at least 4 members (excludes halogenated alkanes) is 1. The van der Waals surface area contributed by atoms with Crippen LogP contribution in [0.15, 0.2) is 18.2 Å². The van der Waals surface area contributed by atoms with Gasteiger partial charge in [0, 0.05) is 18.7 Å². The molecule has 0 saturated heterocycles. The largest absolute Gasteiger partial charge is 0.385 e. The second-order valence-corrected chi connectivity index (χ2v) is 6.39. The monoisotopic (exact) mass is 344 g/mol. The number of ketones is 2. The lowest BCUT2D eigenvalue weighted by atomic mass is 10.0. The summed E-state index contributed by atoms with van der Waals surface area (Å²) in [6, 6.07) is 4.15. The highest BCUT2D eigenvalue weighted by Gasteiger charge is 2.41. The first-order valence-electron chi connectivity index (χ1n) is 8.62. The Morgan fingerprint density at radius 1 is 1.12 bits per heavy atom. The number of anilines is 1. The van der Waals surface area contributed by atoms with E-state index in [9.17, 15) is 19.2 Å². The molecule has 0 fully saturated rings. The summed E-state index contributed by atoms with van der Waals surface area (Å²) in [5.74, 6) is -1.31. The van der Waals surface area contributed by atoms with E-state index in [0.717, 1.165) is 30.0 Å². The number of amides is 2. The highest BCUT2D eigenvalue weighted by Crippen LogP contribution is 2.29. The summed E-state index contributed by atoms with van der Waals surface area (Å²) in [5, 5.41) is 3.22. The Morgan fingerprint density at radius 2 is 1.80 bits per heavy atom. The molecular formula is C19H24N2O4. The lowest BCUT2D eigenvalue weighted by molar-refractivity contribution is -0.121. The number of carbonyl (C=O) groups is 4. The summed E-state index contributed by atoms with van der Waals surface area (Å²) in [4.78, 5) is 49.5. The van der Waals surface area contributed by atoms with Gasteiger partial charge >= 0.3 is 0 Å². The second kappa shape index (κ2) is 8.05. The molecule has 6 heteroatoms. The van der Waals surface area contributed by atoms with E-state index in [1.165, 1.54) is 13.8 Å². The number of rotatable bonds is 9. The maximum atomic E-state index is 12.7. The predicted octanol–water partition coefficient (Wildman–Crippen LogP) is 2.82. The Kier molecular flexibility index (Phi) is 6.07. The summed E-state index contributed by atoms with van der Waals surface area (Å²) >= 11 is 0. The van der Waals surface area contributed by atoms with Gasteiger partial charge in [-0.15, -0.1) is 0 Å². The van der Waals surface area contributed by atoms with E-state index in [4.69, 9.17) is 0 Å². The molecule has 1 aromatic rings. The van der Waals surface area contributed by atoms with Gasteiger partial charge in [0.05, 0.1) is 17.2 Å². The van der Waals surface area contributed by atoms with Crippen molar-refractivity contribution in [2.24, 2.45) is 0 Å². The molecule has 1 atom stereocenters.